The summed E-state index contributed by atoms with van der Waals surface area (Å²) < 4.78 is 45.5. The number of carbonyl (C=O) groups excluding carboxylic acids is 1. The maximum absolute atomic E-state index is 13.3. The second-order valence-electron chi connectivity index (χ2n) is 10.4. The SMILES string of the molecule is CNCc1cc(C(=O)OC(C)(C)C)ccc1C1CCC(N(Cc2ccc(F)cc2)S(C)(=O)=O)CC1. The van der Waals surface area contributed by atoms with E-state index in [1.165, 1.54) is 24.0 Å². The van der Waals surface area contributed by atoms with Crippen molar-refractivity contribution in [1.29, 1.82) is 0 Å². The van der Waals surface area contributed by atoms with Crippen LogP contribution >= 0.6 is 0 Å². The zero-order chi connectivity index (χ0) is 25.8. The van der Waals surface area contributed by atoms with Crippen LogP contribution in [0, 0.1) is 5.82 Å². The highest BCUT2D eigenvalue weighted by Gasteiger charge is 2.32. The van der Waals surface area contributed by atoms with Gasteiger partial charge in [-0.25, -0.2) is 17.6 Å². The summed E-state index contributed by atoms with van der Waals surface area (Å²) in [6.07, 6.45) is 4.42. The number of hydrogen-bond donors (Lipinski definition) is 1. The number of benzene rings is 2. The van der Waals surface area contributed by atoms with E-state index in [1.807, 2.05) is 46.0 Å². The first kappa shape index (κ1) is 27.3. The number of rotatable bonds is 8. The lowest BCUT2D eigenvalue weighted by atomic mass is 9.79. The van der Waals surface area contributed by atoms with Crippen molar-refractivity contribution in [1.82, 2.24) is 9.62 Å². The molecule has 35 heavy (non-hydrogen) atoms. The van der Waals surface area contributed by atoms with E-state index in [1.54, 1.807) is 16.4 Å². The highest BCUT2D eigenvalue weighted by atomic mass is 32.2. The fourth-order valence-corrected chi connectivity index (χ4v) is 5.91. The highest BCUT2D eigenvalue weighted by Crippen LogP contribution is 2.38. The number of sulfonamides is 1. The van der Waals surface area contributed by atoms with Crippen molar-refractivity contribution in [3.05, 3.63) is 70.5 Å². The molecule has 1 aliphatic rings. The van der Waals surface area contributed by atoms with Gasteiger partial charge in [0, 0.05) is 19.1 Å². The van der Waals surface area contributed by atoms with Crippen LogP contribution in [0.15, 0.2) is 42.5 Å². The molecule has 2 aromatic carbocycles. The lowest BCUT2D eigenvalue weighted by Gasteiger charge is -2.36. The summed E-state index contributed by atoms with van der Waals surface area (Å²) in [4.78, 5) is 12.6. The van der Waals surface area contributed by atoms with Gasteiger partial charge in [0.15, 0.2) is 0 Å². The second kappa shape index (κ2) is 11.2. The normalized spacial score (nSPS) is 19.1. The quantitative estimate of drug-likeness (QED) is 0.513. The highest BCUT2D eigenvalue weighted by molar-refractivity contribution is 7.88. The first-order valence-corrected chi connectivity index (χ1v) is 13.9. The van der Waals surface area contributed by atoms with Crippen molar-refractivity contribution in [3.63, 3.8) is 0 Å². The molecule has 1 aliphatic carbocycles. The average molecular weight is 505 g/mol. The van der Waals surface area contributed by atoms with Gasteiger partial charge in [-0.05, 0) is 100 Å². The summed E-state index contributed by atoms with van der Waals surface area (Å²) in [7, 11) is -1.55. The fraction of sp³-hybridized carbons (Fsp3) is 0.519. The first-order chi connectivity index (χ1) is 16.4. The van der Waals surface area contributed by atoms with Crippen molar-refractivity contribution in [2.45, 2.75) is 77.1 Å². The second-order valence-corrected chi connectivity index (χ2v) is 12.3. The third-order valence-electron chi connectivity index (χ3n) is 6.37. The van der Waals surface area contributed by atoms with Crippen molar-refractivity contribution in [3.8, 4) is 0 Å². The van der Waals surface area contributed by atoms with Crippen LogP contribution in [-0.4, -0.2) is 43.6 Å². The minimum Gasteiger partial charge on any atom is -0.456 e. The Kier molecular flexibility index (Phi) is 8.72. The number of halogens is 1. The van der Waals surface area contributed by atoms with Gasteiger partial charge in [0.25, 0.3) is 0 Å². The van der Waals surface area contributed by atoms with Gasteiger partial charge in [-0.2, -0.15) is 4.31 Å². The van der Waals surface area contributed by atoms with Gasteiger partial charge >= 0.3 is 5.97 Å². The van der Waals surface area contributed by atoms with Crippen LogP contribution in [-0.2, 0) is 27.8 Å². The maximum atomic E-state index is 13.3. The van der Waals surface area contributed by atoms with Gasteiger partial charge in [0.2, 0.25) is 10.0 Å². The standard InChI is InChI=1S/C27H37FN2O4S/c1-27(2,3)34-26(31)21-10-15-25(22(16-21)17-29-4)20-8-13-24(14-9-20)30(35(5,32)33)18-19-6-11-23(28)12-7-19/h6-7,10-12,15-16,20,24,29H,8-9,13-14,17-18H2,1-5H3. The molecule has 1 fully saturated rings. The Morgan fingerprint density at radius 2 is 1.71 bits per heavy atom. The summed E-state index contributed by atoms with van der Waals surface area (Å²) in [5.74, 6) is -0.389. The first-order valence-electron chi connectivity index (χ1n) is 12.1. The molecule has 1 saturated carbocycles. The van der Waals surface area contributed by atoms with E-state index in [9.17, 15) is 17.6 Å². The molecule has 0 spiro atoms. The molecule has 6 nitrogen and oxygen atoms in total. The van der Waals surface area contributed by atoms with Gasteiger partial charge in [-0.15, -0.1) is 0 Å². The molecule has 0 aliphatic heterocycles. The molecule has 0 radical (unpaired) electrons. The van der Waals surface area contributed by atoms with E-state index >= 15 is 0 Å². The van der Waals surface area contributed by atoms with Crippen LogP contribution in [0.1, 0.15) is 79.4 Å². The number of esters is 1. The van der Waals surface area contributed by atoms with E-state index in [0.717, 1.165) is 36.8 Å². The van der Waals surface area contributed by atoms with Crippen LogP contribution < -0.4 is 5.32 Å². The molecule has 3 rings (SSSR count). The third kappa shape index (κ3) is 7.59. The Bertz CT molecular complexity index is 1120. The molecule has 0 bridgehead atoms. The molecule has 192 valence electrons. The smallest absolute Gasteiger partial charge is 0.338 e. The molecule has 0 saturated heterocycles. The third-order valence-corrected chi connectivity index (χ3v) is 7.65. The van der Waals surface area contributed by atoms with Gasteiger partial charge < -0.3 is 10.1 Å². The maximum Gasteiger partial charge on any atom is 0.338 e. The average Bonchev–Trinajstić information content (AvgIpc) is 2.77. The van der Waals surface area contributed by atoms with E-state index in [2.05, 4.69) is 5.32 Å². The number of nitrogens with one attached hydrogen (secondary N) is 1. The Labute approximate surface area is 208 Å². The number of hydrogen-bond acceptors (Lipinski definition) is 5. The van der Waals surface area contributed by atoms with Gasteiger partial charge in [0.05, 0.1) is 11.8 Å². The summed E-state index contributed by atoms with van der Waals surface area (Å²) in [5, 5.41) is 3.19. The molecular weight excluding hydrogens is 467 g/mol. The molecule has 0 atom stereocenters. The largest absolute Gasteiger partial charge is 0.456 e. The Balaban J connectivity index is 1.74. The Hall–Kier alpha value is -2.29. The van der Waals surface area contributed by atoms with Gasteiger partial charge in [-0.1, -0.05) is 18.2 Å². The molecule has 1 N–H and O–H groups in total. The molecule has 0 heterocycles. The van der Waals surface area contributed by atoms with Crippen LogP contribution in [0.2, 0.25) is 0 Å². The van der Waals surface area contributed by atoms with E-state index < -0.39 is 15.6 Å². The summed E-state index contributed by atoms with van der Waals surface area (Å²) in [6.45, 7) is 6.42. The van der Waals surface area contributed by atoms with E-state index in [-0.39, 0.29) is 30.3 Å². The number of ether oxygens (including phenoxy) is 1. The van der Waals surface area contributed by atoms with Gasteiger partial charge in [-0.3, -0.25) is 0 Å². The number of carbonyl (C=O) groups is 1. The zero-order valence-electron chi connectivity index (χ0n) is 21.3. The predicted octanol–water partition coefficient (Wildman–Crippen LogP) is 4.99. The summed E-state index contributed by atoms with van der Waals surface area (Å²) in [5.41, 5.74) is 3.00. The Morgan fingerprint density at radius 3 is 2.26 bits per heavy atom. The van der Waals surface area contributed by atoms with E-state index in [0.29, 0.717) is 12.1 Å². The van der Waals surface area contributed by atoms with Crippen LogP contribution in [0.4, 0.5) is 4.39 Å². The molecule has 8 heteroatoms. The van der Waals surface area contributed by atoms with Crippen molar-refractivity contribution >= 4 is 16.0 Å². The predicted molar refractivity (Wildman–Crippen MR) is 136 cm³/mol. The molecule has 0 aromatic heterocycles. The van der Waals surface area contributed by atoms with Crippen molar-refractivity contribution in [2.24, 2.45) is 0 Å². The topological polar surface area (TPSA) is 75.7 Å². The van der Waals surface area contributed by atoms with Crippen LogP contribution in [0.5, 0.6) is 0 Å². The molecule has 2 aromatic rings. The van der Waals surface area contributed by atoms with Crippen molar-refractivity contribution < 1.29 is 22.3 Å². The molecular formula is C27H37FN2O4S. The molecule has 0 unspecified atom stereocenters. The Morgan fingerprint density at radius 1 is 1.09 bits per heavy atom. The monoisotopic (exact) mass is 504 g/mol. The fourth-order valence-electron chi connectivity index (χ4n) is 4.77. The minimum absolute atomic E-state index is 0.0971. The van der Waals surface area contributed by atoms with Crippen molar-refractivity contribution in [2.75, 3.05) is 13.3 Å². The molecule has 0 amide bonds. The number of nitrogens with zero attached hydrogens (tertiary/aromatic N) is 1. The van der Waals surface area contributed by atoms with Gasteiger partial charge in [0.1, 0.15) is 11.4 Å². The summed E-state index contributed by atoms with van der Waals surface area (Å²) in [6, 6.07) is 11.6. The zero-order valence-corrected chi connectivity index (χ0v) is 22.1. The minimum atomic E-state index is -3.42. The van der Waals surface area contributed by atoms with Crippen LogP contribution in [0.3, 0.4) is 0 Å². The lowest BCUT2D eigenvalue weighted by molar-refractivity contribution is 0.00693. The van der Waals surface area contributed by atoms with E-state index in [4.69, 9.17) is 4.74 Å². The lowest BCUT2D eigenvalue weighted by Crippen LogP contribution is -2.41. The van der Waals surface area contributed by atoms with Crippen LogP contribution in [0.25, 0.3) is 0 Å². The summed E-state index contributed by atoms with van der Waals surface area (Å²) >= 11 is 0.